The zero-order valence-corrected chi connectivity index (χ0v) is 15.9. The number of nitrogens with zero attached hydrogens (tertiary/aromatic N) is 4. The van der Waals surface area contributed by atoms with Crippen LogP contribution >= 0.6 is 0 Å². The third-order valence-corrected chi connectivity index (χ3v) is 5.18. The lowest BCUT2D eigenvalue weighted by Crippen LogP contribution is -2.23. The van der Waals surface area contributed by atoms with Gasteiger partial charge in [-0.15, -0.1) is 0 Å². The van der Waals surface area contributed by atoms with E-state index in [1.54, 1.807) is 6.33 Å². The Bertz CT molecular complexity index is 886. The lowest BCUT2D eigenvalue weighted by molar-refractivity contribution is 0.367. The van der Waals surface area contributed by atoms with Gasteiger partial charge in [-0.25, -0.2) is 14.6 Å². The van der Waals surface area contributed by atoms with Crippen molar-refractivity contribution in [3.05, 3.63) is 36.7 Å². The molecule has 0 atom stereocenters. The topological polar surface area (TPSA) is 55.6 Å². The molecule has 1 aliphatic carbocycles. The van der Waals surface area contributed by atoms with Gasteiger partial charge in [-0.2, -0.15) is 5.10 Å². The molecule has 1 saturated carbocycles. The molecule has 136 valence electrons. The molecule has 4 rings (SSSR count). The molecule has 2 heterocycles. The molecular weight excluding hydrogens is 322 g/mol. The molecule has 0 bridgehead atoms. The molecule has 1 fully saturated rings. The number of aromatic nitrogens is 4. The van der Waals surface area contributed by atoms with Gasteiger partial charge in [0.1, 0.15) is 17.8 Å². The second-order valence-corrected chi connectivity index (χ2v) is 8.25. The first-order chi connectivity index (χ1) is 12.5. The Morgan fingerprint density at radius 2 is 1.81 bits per heavy atom. The van der Waals surface area contributed by atoms with Crippen LogP contribution in [0.5, 0.6) is 0 Å². The maximum atomic E-state index is 4.95. The van der Waals surface area contributed by atoms with Crippen LogP contribution in [0.3, 0.4) is 0 Å². The van der Waals surface area contributed by atoms with E-state index >= 15 is 0 Å². The predicted octanol–water partition coefficient (Wildman–Crippen LogP) is 4.85. The summed E-state index contributed by atoms with van der Waals surface area (Å²) in [6.07, 6.45) is 6.98. The second-order valence-electron chi connectivity index (χ2n) is 8.25. The van der Waals surface area contributed by atoms with Crippen LogP contribution in [0.15, 0.2) is 36.7 Å². The van der Waals surface area contributed by atoms with E-state index in [4.69, 9.17) is 5.10 Å². The first-order valence-corrected chi connectivity index (χ1v) is 9.57. The minimum absolute atomic E-state index is 0.150. The van der Waals surface area contributed by atoms with Crippen LogP contribution in [-0.2, 0) is 5.54 Å². The standard InChI is InChI=1S/C21H27N5/c1-21(2,3)26-20-17(18(25-26)16-11-5-4-6-12-16)19(23-14-24-20)22-13-15-9-7-8-10-15/h4-6,11-12,14-15H,7-10,13H2,1-3H3,(H,22,23,24). The van der Waals surface area contributed by atoms with Crippen LogP contribution in [0.1, 0.15) is 46.5 Å². The number of benzene rings is 1. The van der Waals surface area contributed by atoms with E-state index in [-0.39, 0.29) is 5.54 Å². The van der Waals surface area contributed by atoms with Crippen LogP contribution in [0.25, 0.3) is 22.3 Å². The molecule has 5 nitrogen and oxygen atoms in total. The quantitative estimate of drug-likeness (QED) is 0.731. The summed E-state index contributed by atoms with van der Waals surface area (Å²) in [6.45, 7) is 7.44. The Morgan fingerprint density at radius 1 is 1.08 bits per heavy atom. The van der Waals surface area contributed by atoms with Gasteiger partial charge in [0.25, 0.3) is 0 Å². The minimum Gasteiger partial charge on any atom is -0.369 e. The molecule has 0 spiro atoms. The van der Waals surface area contributed by atoms with Gasteiger partial charge in [0.05, 0.1) is 10.9 Å². The average molecular weight is 349 g/mol. The van der Waals surface area contributed by atoms with E-state index in [0.717, 1.165) is 40.6 Å². The highest BCUT2D eigenvalue weighted by molar-refractivity contribution is 5.99. The highest BCUT2D eigenvalue weighted by atomic mass is 15.3. The number of rotatable bonds is 4. The molecular formula is C21H27N5. The van der Waals surface area contributed by atoms with Crippen molar-refractivity contribution < 1.29 is 0 Å². The fourth-order valence-corrected chi connectivity index (χ4v) is 3.81. The van der Waals surface area contributed by atoms with E-state index < -0.39 is 0 Å². The Morgan fingerprint density at radius 3 is 2.50 bits per heavy atom. The lowest BCUT2D eigenvalue weighted by Gasteiger charge is -2.19. The van der Waals surface area contributed by atoms with Crippen molar-refractivity contribution in [2.24, 2.45) is 5.92 Å². The molecule has 2 aromatic heterocycles. The van der Waals surface area contributed by atoms with Gasteiger partial charge >= 0.3 is 0 Å². The fourth-order valence-electron chi connectivity index (χ4n) is 3.81. The van der Waals surface area contributed by atoms with E-state index in [2.05, 4.69) is 48.2 Å². The smallest absolute Gasteiger partial charge is 0.164 e. The van der Waals surface area contributed by atoms with Gasteiger partial charge in [-0.3, -0.25) is 0 Å². The van der Waals surface area contributed by atoms with Crippen molar-refractivity contribution >= 4 is 16.9 Å². The van der Waals surface area contributed by atoms with Crippen LogP contribution in [0, 0.1) is 5.92 Å². The van der Waals surface area contributed by atoms with Crippen molar-refractivity contribution in [2.75, 3.05) is 11.9 Å². The number of anilines is 1. The van der Waals surface area contributed by atoms with Crippen LogP contribution < -0.4 is 5.32 Å². The first kappa shape index (κ1) is 17.0. The van der Waals surface area contributed by atoms with Crippen molar-refractivity contribution in [3.63, 3.8) is 0 Å². The van der Waals surface area contributed by atoms with Gasteiger partial charge in [0.15, 0.2) is 5.65 Å². The minimum atomic E-state index is -0.150. The highest BCUT2D eigenvalue weighted by Gasteiger charge is 2.25. The number of fused-ring (bicyclic) bond motifs is 1. The molecule has 0 aliphatic heterocycles. The zero-order chi connectivity index (χ0) is 18.1. The highest BCUT2D eigenvalue weighted by Crippen LogP contribution is 2.34. The third kappa shape index (κ3) is 3.18. The summed E-state index contributed by atoms with van der Waals surface area (Å²) in [5, 5.41) is 9.57. The molecule has 1 aliphatic rings. The summed E-state index contributed by atoms with van der Waals surface area (Å²) in [7, 11) is 0. The van der Waals surface area contributed by atoms with E-state index in [1.807, 2.05) is 22.9 Å². The Labute approximate surface area is 154 Å². The maximum Gasteiger partial charge on any atom is 0.164 e. The van der Waals surface area contributed by atoms with Crippen molar-refractivity contribution in [1.82, 2.24) is 19.7 Å². The molecule has 26 heavy (non-hydrogen) atoms. The molecule has 1 N–H and O–H groups in total. The fraction of sp³-hybridized carbons (Fsp3) is 0.476. The number of nitrogens with one attached hydrogen (secondary N) is 1. The summed E-state index contributed by atoms with van der Waals surface area (Å²) >= 11 is 0. The molecule has 0 amide bonds. The average Bonchev–Trinajstić information content (AvgIpc) is 3.28. The molecule has 0 unspecified atom stereocenters. The molecule has 3 aromatic rings. The van der Waals surface area contributed by atoms with E-state index in [9.17, 15) is 0 Å². The van der Waals surface area contributed by atoms with Gasteiger partial charge in [0.2, 0.25) is 0 Å². The zero-order valence-electron chi connectivity index (χ0n) is 15.9. The van der Waals surface area contributed by atoms with Crippen LogP contribution in [-0.4, -0.2) is 26.3 Å². The Kier molecular flexibility index (Phi) is 4.39. The number of hydrogen-bond acceptors (Lipinski definition) is 4. The van der Waals surface area contributed by atoms with E-state index in [1.165, 1.54) is 25.7 Å². The summed E-state index contributed by atoms with van der Waals surface area (Å²) in [6, 6.07) is 10.3. The molecule has 0 radical (unpaired) electrons. The van der Waals surface area contributed by atoms with Crippen LogP contribution in [0.4, 0.5) is 5.82 Å². The third-order valence-electron chi connectivity index (χ3n) is 5.18. The maximum absolute atomic E-state index is 4.95. The normalized spacial score (nSPS) is 15.7. The largest absolute Gasteiger partial charge is 0.369 e. The van der Waals surface area contributed by atoms with Gasteiger partial charge in [0, 0.05) is 12.1 Å². The summed E-state index contributed by atoms with van der Waals surface area (Å²) in [5.41, 5.74) is 2.78. The molecule has 5 heteroatoms. The SMILES string of the molecule is CC(C)(C)n1nc(-c2ccccc2)c2c(NCC3CCCC3)ncnc21. The monoisotopic (exact) mass is 349 g/mol. The second kappa shape index (κ2) is 6.71. The van der Waals surface area contributed by atoms with Crippen molar-refractivity contribution in [2.45, 2.75) is 52.0 Å². The van der Waals surface area contributed by atoms with E-state index in [0.29, 0.717) is 0 Å². The van der Waals surface area contributed by atoms with Crippen LogP contribution in [0.2, 0.25) is 0 Å². The van der Waals surface area contributed by atoms with Crippen molar-refractivity contribution in [3.8, 4) is 11.3 Å². The number of hydrogen-bond donors (Lipinski definition) is 1. The lowest BCUT2D eigenvalue weighted by atomic mass is 10.1. The van der Waals surface area contributed by atoms with Gasteiger partial charge in [-0.05, 0) is 39.5 Å². The Hall–Kier alpha value is -2.43. The molecule has 0 saturated heterocycles. The predicted molar refractivity (Wildman–Crippen MR) is 106 cm³/mol. The Balaban J connectivity index is 1.83. The van der Waals surface area contributed by atoms with Gasteiger partial charge in [-0.1, -0.05) is 43.2 Å². The summed E-state index contributed by atoms with van der Waals surface area (Å²) in [5.74, 6) is 1.65. The molecule has 1 aromatic carbocycles. The summed E-state index contributed by atoms with van der Waals surface area (Å²) < 4.78 is 2.02. The summed E-state index contributed by atoms with van der Waals surface area (Å²) in [4.78, 5) is 9.16. The van der Waals surface area contributed by atoms with Gasteiger partial charge < -0.3 is 5.32 Å². The first-order valence-electron chi connectivity index (χ1n) is 9.57. The van der Waals surface area contributed by atoms with Crippen molar-refractivity contribution in [1.29, 1.82) is 0 Å².